The SMILES string of the molecule is Cc1ccccc1Nc1ccc(NC(=O)C2CCC2)cn1. The largest absolute Gasteiger partial charge is 0.340 e. The second-order valence-corrected chi connectivity index (χ2v) is 5.49. The molecule has 4 nitrogen and oxygen atoms in total. The van der Waals surface area contributed by atoms with Gasteiger partial charge in [0, 0.05) is 11.6 Å². The number of nitrogens with zero attached hydrogens (tertiary/aromatic N) is 1. The molecule has 1 heterocycles. The molecule has 0 radical (unpaired) electrons. The van der Waals surface area contributed by atoms with E-state index in [1.807, 2.05) is 30.3 Å². The van der Waals surface area contributed by atoms with Crippen LogP contribution in [-0.2, 0) is 4.79 Å². The molecule has 1 fully saturated rings. The molecule has 0 bridgehead atoms. The first-order chi connectivity index (χ1) is 10.2. The van der Waals surface area contributed by atoms with Crippen LogP contribution >= 0.6 is 0 Å². The third-order valence-electron chi connectivity index (χ3n) is 3.91. The van der Waals surface area contributed by atoms with E-state index in [1.165, 1.54) is 5.56 Å². The molecule has 0 saturated heterocycles. The van der Waals surface area contributed by atoms with Crippen molar-refractivity contribution in [3.8, 4) is 0 Å². The van der Waals surface area contributed by atoms with Crippen LogP contribution in [0.4, 0.5) is 17.2 Å². The monoisotopic (exact) mass is 281 g/mol. The summed E-state index contributed by atoms with van der Waals surface area (Å²) in [6, 6.07) is 11.8. The van der Waals surface area contributed by atoms with Gasteiger partial charge in [-0.15, -0.1) is 0 Å². The molecule has 1 aliphatic carbocycles. The minimum Gasteiger partial charge on any atom is -0.340 e. The first kappa shape index (κ1) is 13.6. The Morgan fingerprint density at radius 2 is 2.00 bits per heavy atom. The summed E-state index contributed by atoms with van der Waals surface area (Å²) in [7, 11) is 0. The first-order valence-corrected chi connectivity index (χ1v) is 7.32. The average Bonchev–Trinajstić information content (AvgIpc) is 2.41. The van der Waals surface area contributed by atoms with Gasteiger partial charge in [0.2, 0.25) is 5.91 Å². The zero-order valence-corrected chi connectivity index (χ0v) is 12.1. The molecule has 0 aliphatic heterocycles. The Morgan fingerprint density at radius 3 is 2.62 bits per heavy atom. The van der Waals surface area contributed by atoms with Crippen LogP contribution in [0.5, 0.6) is 0 Å². The number of hydrogen-bond donors (Lipinski definition) is 2. The summed E-state index contributed by atoms with van der Waals surface area (Å²) in [6.45, 7) is 2.05. The van der Waals surface area contributed by atoms with E-state index in [9.17, 15) is 4.79 Å². The second-order valence-electron chi connectivity index (χ2n) is 5.49. The number of pyridine rings is 1. The maximum absolute atomic E-state index is 11.9. The van der Waals surface area contributed by atoms with E-state index in [1.54, 1.807) is 6.20 Å². The summed E-state index contributed by atoms with van der Waals surface area (Å²) < 4.78 is 0. The van der Waals surface area contributed by atoms with Crippen LogP contribution in [-0.4, -0.2) is 10.9 Å². The number of nitrogens with one attached hydrogen (secondary N) is 2. The van der Waals surface area contributed by atoms with Gasteiger partial charge in [0.05, 0.1) is 11.9 Å². The summed E-state index contributed by atoms with van der Waals surface area (Å²) in [4.78, 5) is 16.2. The Hall–Kier alpha value is -2.36. The molecule has 3 rings (SSSR count). The number of carbonyl (C=O) groups excluding carboxylic acids is 1. The zero-order valence-electron chi connectivity index (χ0n) is 12.1. The molecular formula is C17H19N3O. The highest BCUT2D eigenvalue weighted by atomic mass is 16.1. The maximum atomic E-state index is 11.9. The molecule has 1 saturated carbocycles. The van der Waals surface area contributed by atoms with Gasteiger partial charge in [0.15, 0.2) is 0 Å². The molecule has 0 spiro atoms. The molecular weight excluding hydrogens is 262 g/mol. The van der Waals surface area contributed by atoms with Gasteiger partial charge in [0.1, 0.15) is 5.82 Å². The van der Waals surface area contributed by atoms with Crippen LogP contribution in [0, 0.1) is 12.8 Å². The molecule has 108 valence electrons. The molecule has 0 atom stereocenters. The van der Waals surface area contributed by atoms with Gasteiger partial charge in [-0.2, -0.15) is 0 Å². The van der Waals surface area contributed by atoms with Crippen LogP contribution in [0.15, 0.2) is 42.6 Å². The third-order valence-corrected chi connectivity index (χ3v) is 3.91. The van der Waals surface area contributed by atoms with Crippen LogP contribution < -0.4 is 10.6 Å². The standard InChI is InChI=1S/C17H19N3O/c1-12-5-2-3-8-15(12)20-16-10-9-14(11-18-16)19-17(21)13-6-4-7-13/h2-3,5,8-11,13H,4,6-7H2,1H3,(H,18,20)(H,19,21). The summed E-state index contributed by atoms with van der Waals surface area (Å²) in [6.07, 6.45) is 4.87. The van der Waals surface area contributed by atoms with Crippen molar-refractivity contribution < 1.29 is 4.79 Å². The van der Waals surface area contributed by atoms with E-state index in [0.29, 0.717) is 0 Å². The molecule has 0 unspecified atom stereocenters. The highest BCUT2D eigenvalue weighted by Gasteiger charge is 2.25. The van der Waals surface area contributed by atoms with Gasteiger partial charge in [-0.25, -0.2) is 4.98 Å². The zero-order chi connectivity index (χ0) is 14.7. The Labute approximate surface area is 124 Å². The molecule has 1 aliphatic rings. The lowest BCUT2D eigenvalue weighted by atomic mass is 9.85. The Balaban J connectivity index is 1.64. The van der Waals surface area contributed by atoms with E-state index < -0.39 is 0 Å². The van der Waals surface area contributed by atoms with Crippen molar-refractivity contribution in [1.82, 2.24) is 4.98 Å². The molecule has 2 aromatic rings. The number of rotatable bonds is 4. The van der Waals surface area contributed by atoms with Crippen molar-refractivity contribution in [3.05, 3.63) is 48.2 Å². The lowest BCUT2D eigenvalue weighted by Crippen LogP contribution is -2.28. The minimum atomic E-state index is 0.114. The number of para-hydroxylation sites is 1. The fourth-order valence-electron chi connectivity index (χ4n) is 2.31. The van der Waals surface area contributed by atoms with E-state index in [2.05, 4.69) is 28.6 Å². The number of hydrogen-bond acceptors (Lipinski definition) is 3. The summed E-state index contributed by atoms with van der Waals surface area (Å²) in [5.41, 5.74) is 2.96. The molecule has 1 aromatic carbocycles. The van der Waals surface area contributed by atoms with Gasteiger partial charge in [0.25, 0.3) is 0 Å². The fourth-order valence-corrected chi connectivity index (χ4v) is 2.31. The topological polar surface area (TPSA) is 54.0 Å². The van der Waals surface area contributed by atoms with Crippen molar-refractivity contribution in [2.45, 2.75) is 26.2 Å². The average molecular weight is 281 g/mol. The van der Waals surface area contributed by atoms with Crippen molar-refractivity contribution in [3.63, 3.8) is 0 Å². The predicted octanol–water partition coefficient (Wildman–Crippen LogP) is 3.87. The van der Waals surface area contributed by atoms with Crippen molar-refractivity contribution >= 4 is 23.1 Å². The lowest BCUT2D eigenvalue weighted by Gasteiger charge is -2.23. The Kier molecular flexibility index (Phi) is 3.86. The van der Waals surface area contributed by atoms with Crippen molar-refractivity contribution in [2.75, 3.05) is 10.6 Å². The van der Waals surface area contributed by atoms with E-state index in [0.717, 1.165) is 36.5 Å². The quantitative estimate of drug-likeness (QED) is 0.894. The normalized spacial score (nSPS) is 14.3. The summed E-state index contributed by atoms with van der Waals surface area (Å²) >= 11 is 0. The molecule has 4 heteroatoms. The van der Waals surface area contributed by atoms with E-state index in [4.69, 9.17) is 0 Å². The van der Waals surface area contributed by atoms with Crippen LogP contribution in [0.25, 0.3) is 0 Å². The maximum Gasteiger partial charge on any atom is 0.227 e. The van der Waals surface area contributed by atoms with Crippen molar-refractivity contribution in [2.24, 2.45) is 5.92 Å². The Bertz CT molecular complexity index is 633. The van der Waals surface area contributed by atoms with Crippen LogP contribution in [0.1, 0.15) is 24.8 Å². The van der Waals surface area contributed by atoms with Gasteiger partial charge in [-0.1, -0.05) is 24.6 Å². The lowest BCUT2D eigenvalue weighted by molar-refractivity contribution is -0.122. The van der Waals surface area contributed by atoms with Gasteiger partial charge < -0.3 is 10.6 Å². The first-order valence-electron chi connectivity index (χ1n) is 7.32. The molecule has 1 amide bonds. The third kappa shape index (κ3) is 3.21. The molecule has 1 aromatic heterocycles. The highest BCUT2D eigenvalue weighted by molar-refractivity contribution is 5.92. The fraction of sp³-hybridized carbons (Fsp3) is 0.294. The van der Waals surface area contributed by atoms with E-state index in [-0.39, 0.29) is 11.8 Å². The van der Waals surface area contributed by atoms with Crippen LogP contribution in [0.3, 0.4) is 0 Å². The number of aromatic nitrogens is 1. The number of carbonyl (C=O) groups is 1. The molecule has 2 N–H and O–H groups in total. The Morgan fingerprint density at radius 1 is 1.19 bits per heavy atom. The van der Waals surface area contributed by atoms with Gasteiger partial charge >= 0.3 is 0 Å². The van der Waals surface area contributed by atoms with Gasteiger partial charge in [-0.05, 0) is 43.5 Å². The van der Waals surface area contributed by atoms with Gasteiger partial charge in [-0.3, -0.25) is 4.79 Å². The number of amides is 1. The summed E-state index contributed by atoms with van der Waals surface area (Å²) in [5, 5.41) is 6.19. The van der Waals surface area contributed by atoms with E-state index >= 15 is 0 Å². The minimum absolute atomic E-state index is 0.114. The number of benzene rings is 1. The smallest absolute Gasteiger partial charge is 0.227 e. The highest BCUT2D eigenvalue weighted by Crippen LogP contribution is 2.27. The molecule has 21 heavy (non-hydrogen) atoms. The predicted molar refractivity (Wildman–Crippen MR) is 84.7 cm³/mol. The van der Waals surface area contributed by atoms with Crippen molar-refractivity contribution in [1.29, 1.82) is 0 Å². The second kappa shape index (κ2) is 5.95. The summed E-state index contributed by atoms with van der Waals surface area (Å²) in [5.74, 6) is 1.07. The van der Waals surface area contributed by atoms with Crippen LogP contribution in [0.2, 0.25) is 0 Å². The number of anilines is 3. The number of aryl methyl sites for hydroxylation is 1.